The van der Waals surface area contributed by atoms with E-state index < -0.39 is 11.9 Å². The van der Waals surface area contributed by atoms with Gasteiger partial charge in [0.2, 0.25) is 5.91 Å². The zero-order chi connectivity index (χ0) is 15.9. The van der Waals surface area contributed by atoms with Crippen molar-refractivity contribution in [2.75, 3.05) is 6.54 Å². The summed E-state index contributed by atoms with van der Waals surface area (Å²) in [7, 11) is 0. The van der Waals surface area contributed by atoms with Crippen molar-refractivity contribution in [3.63, 3.8) is 0 Å². The number of hydrogen-bond acceptors (Lipinski definition) is 4. The van der Waals surface area contributed by atoms with Gasteiger partial charge < -0.3 is 15.7 Å². The van der Waals surface area contributed by atoms with Gasteiger partial charge in [0.25, 0.3) is 5.91 Å². The van der Waals surface area contributed by atoms with Crippen LogP contribution in [-0.2, 0) is 9.59 Å². The van der Waals surface area contributed by atoms with E-state index >= 15 is 0 Å². The van der Waals surface area contributed by atoms with Crippen LogP contribution in [0.4, 0.5) is 0 Å². The number of pyridine rings is 1. The molecule has 0 radical (unpaired) electrons. The van der Waals surface area contributed by atoms with Crippen molar-refractivity contribution in [3.8, 4) is 0 Å². The highest BCUT2D eigenvalue weighted by Crippen LogP contribution is 2.24. The third-order valence-corrected chi connectivity index (χ3v) is 3.75. The smallest absolute Gasteiger partial charge is 0.306 e. The summed E-state index contributed by atoms with van der Waals surface area (Å²) < 4.78 is 0. The van der Waals surface area contributed by atoms with Gasteiger partial charge >= 0.3 is 5.97 Å². The first-order chi connectivity index (χ1) is 10.6. The molecule has 118 valence electrons. The first-order valence-corrected chi connectivity index (χ1v) is 7.27. The predicted molar refractivity (Wildman–Crippen MR) is 78.1 cm³/mol. The minimum Gasteiger partial charge on any atom is -0.481 e. The molecule has 0 saturated heterocycles. The number of carbonyl (C=O) groups excluding carboxylic acids is 2. The summed E-state index contributed by atoms with van der Waals surface area (Å²) in [6.45, 7) is -0.117. The zero-order valence-corrected chi connectivity index (χ0v) is 12.1. The minimum atomic E-state index is -0.771. The number of nitrogens with zero attached hydrogens (tertiary/aromatic N) is 1. The van der Waals surface area contributed by atoms with Gasteiger partial charge in [-0.15, -0.1) is 0 Å². The second kappa shape index (κ2) is 7.53. The van der Waals surface area contributed by atoms with E-state index in [-0.39, 0.29) is 30.1 Å². The molecule has 1 saturated carbocycles. The number of amides is 2. The van der Waals surface area contributed by atoms with Gasteiger partial charge in [-0.25, -0.2) is 0 Å². The molecule has 22 heavy (non-hydrogen) atoms. The van der Waals surface area contributed by atoms with Crippen molar-refractivity contribution in [2.24, 2.45) is 5.92 Å². The molecule has 0 aromatic carbocycles. The number of aliphatic carboxylic acids is 1. The van der Waals surface area contributed by atoms with E-state index in [1.54, 1.807) is 18.2 Å². The van der Waals surface area contributed by atoms with Crippen LogP contribution in [0.3, 0.4) is 0 Å². The molecule has 2 rings (SSSR count). The molecule has 1 fully saturated rings. The van der Waals surface area contributed by atoms with E-state index in [4.69, 9.17) is 5.11 Å². The molecule has 7 nitrogen and oxygen atoms in total. The average molecular weight is 305 g/mol. The highest BCUT2D eigenvalue weighted by atomic mass is 16.4. The van der Waals surface area contributed by atoms with Gasteiger partial charge in [0.1, 0.15) is 5.69 Å². The van der Waals surface area contributed by atoms with Crippen LogP contribution in [0.1, 0.15) is 36.2 Å². The van der Waals surface area contributed by atoms with Crippen molar-refractivity contribution in [2.45, 2.75) is 31.7 Å². The van der Waals surface area contributed by atoms with Crippen LogP contribution in [-0.4, -0.2) is 40.5 Å². The third-order valence-electron chi connectivity index (χ3n) is 3.75. The average Bonchev–Trinajstić information content (AvgIpc) is 2.54. The first-order valence-electron chi connectivity index (χ1n) is 7.27. The second-order valence-electron chi connectivity index (χ2n) is 5.35. The largest absolute Gasteiger partial charge is 0.481 e. The molecule has 1 aromatic heterocycles. The number of carboxylic acids is 1. The Morgan fingerprint density at radius 2 is 1.91 bits per heavy atom. The first kappa shape index (κ1) is 15.9. The van der Waals surface area contributed by atoms with E-state index in [0.717, 1.165) is 0 Å². The Kier molecular flexibility index (Phi) is 5.46. The van der Waals surface area contributed by atoms with Crippen LogP contribution in [0, 0.1) is 5.92 Å². The van der Waals surface area contributed by atoms with Crippen LogP contribution in [0.25, 0.3) is 0 Å². The Hall–Kier alpha value is -2.44. The van der Waals surface area contributed by atoms with Gasteiger partial charge in [-0.1, -0.05) is 6.07 Å². The van der Waals surface area contributed by atoms with Gasteiger partial charge in [0, 0.05) is 12.2 Å². The zero-order valence-electron chi connectivity index (χ0n) is 12.1. The quantitative estimate of drug-likeness (QED) is 0.737. The van der Waals surface area contributed by atoms with Crippen molar-refractivity contribution in [3.05, 3.63) is 30.1 Å². The summed E-state index contributed by atoms with van der Waals surface area (Å²) in [5.41, 5.74) is 0.261. The van der Waals surface area contributed by atoms with Gasteiger partial charge in [-0.05, 0) is 37.8 Å². The predicted octanol–water partition coefficient (Wildman–Crippen LogP) is 0.571. The fourth-order valence-electron chi connectivity index (χ4n) is 2.51. The molecular formula is C15H19N3O4. The van der Waals surface area contributed by atoms with Crippen molar-refractivity contribution in [1.29, 1.82) is 0 Å². The molecule has 1 aromatic rings. The Morgan fingerprint density at radius 3 is 2.50 bits per heavy atom. The molecule has 1 heterocycles. The molecular weight excluding hydrogens is 286 g/mol. The number of nitrogens with one attached hydrogen (secondary N) is 2. The van der Waals surface area contributed by atoms with Gasteiger partial charge in [-0.2, -0.15) is 0 Å². The number of carboxylic acid groups (broad SMARTS) is 1. The number of rotatable bonds is 5. The maximum atomic E-state index is 11.8. The lowest BCUT2D eigenvalue weighted by atomic mass is 9.86. The second-order valence-corrected chi connectivity index (χ2v) is 5.35. The van der Waals surface area contributed by atoms with E-state index in [2.05, 4.69) is 15.6 Å². The Labute approximate surface area is 128 Å². The lowest BCUT2D eigenvalue weighted by Crippen LogP contribution is -2.43. The summed E-state index contributed by atoms with van der Waals surface area (Å²) in [4.78, 5) is 38.3. The van der Waals surface area contributed by atoms with Crippen LogP contribution in [0.2, 0.25) is 0 Å². The number of carbonyl (C=O) groups is 3. The number of hydrogen-bond donors (Lipinski definition) is 3. The fraction of sp³-hybridized carbons (Fsp3) is 0.467. The molecule has 7 heteroatoms. The monoisotopic (exact) mass is 305 g/mol. The highest BCUT2D eigenvalue weighted by molar-refractivity contribution is 5.94. The summed E-state index contributed by atoms with van der Waals surface area (Å²) in [5, 5.41) is 14.2. The summed E-state index contributed by atoms with van der Waals surface area (Å²) in [5.74, 6) is -1.75. The molecule has 0 spiro atoms. The fourth-order valence-corrected chi connectivity index (χ4v) is 2.51. The molecule has 1 aliphatic carbocycles. The van der Waals surface area contributed by atoms with E-state index in [1.807, 2.05) is 0 Å². The van der Waals surface area contributed by atoms with Crippen LogP contribution < -0.4 is 10.6 Å². The molecule has 1 aliphatic rings. The normalized spacial score (nSPS) is 20.9. The standard InChI is InChI=1S/C15H19N3O4/c19-13(9-17-14(20)12-3-1-2-8-16-12)18-11-6-4-10(5-7-11)15(21)22/h1-3,8,10-11H,4-7,9H2,(H,17,20)(H,18,19)(H,21,22). The summed E-state index contributed by atoms with van der Waals surface area (Å²) in [6.07, 6.45) is 3.95. The molecule has 2 amide bonds. The van der Waals surface area contributed by atoms with Gasteiger partial charge in [-0.3, -0.25) is 19.4 Å². The number of aromatic nitrogens is 1. The SMILES string of the molecule is O=C(CNC(=O)c1ccccn1)NC1CCC(C(=O)O)CC1. The molecule has 3 N–H and O–H groups in total. The maximum Gasteiger partial charge on any atom is 0.306 e. The van der Waals surface area contributed by atoms with Crippen molar-refractivity contribution in [1.82, 2.24) is 15.6 Å². The Morgan fingerprint density at radius 1 is 1.18 bits per heavy atom. The van der Waals surface area contributed by atoms with E-state index in [9.17, 15) is 14.4 Å². The Balaban J connectivity index is 1.70. The van der Waals surface area contributed by atoms with Gasteiger partial charge in [0.05, 0.1) is 12.5 Å². The van der Waals surface area contributed by atoms with Crippen molar-refractivity contribution >= 4 is 17.8 Å². The summed E-state index contributed by atoms with van der Waals surface area (Å²) in [6, 6.07) is 4.95. The summed E-state index contributed by atoms with van der Waals surface area (Å²) >= 11 is 0. The van der Waals surface area contributed by atoms with Crippen LogP contribution >= 0.6 is 0 Å². The molecule has 0 aliphatic heterocycles. The van der Waals surface area contributed by atoms with E-state index in [1.165, 1.54) is 6.20 Å². The van der Waals surface area contributed by atoms with Crippen LogP contribution in [0.5, 0.6) is 0 Å². The van der Waals surface area contributed by atoms with Crippen molar-refractivity contribution < 1.29 is 19.5 Å². The lowest BCUT2D eigenvalue weighted by Gasteiger charge is -2.26. The highest BCUT2D eigenvalue weighted by Gasteiger charge is 2.26. The van der Waals surface area contributed by atoms with E-state index in [0.29, 0.717) is 25.7 Å². The third kappa shape index (κ3) is 4.54. The van der Waals surface area contributed by atoms with Gasteiger partial charge in [0.15, 0.2) is 0 Å². The lowest BCUT2D eigenvalue weighted by molar-refractivity contribution is -0.142. The Bertz CT molecular complexity index is 539. The molecule has 0 atom stereocenters. The topological polar surface area (TPSA) is 108 Å². The van der Waals surface area contributed by atoms with Crippen LogP contribution in [0.15, 0.2) is 24.4 Å². The molecule has 0 unspecified atom stereocenters. The minimum absolute atomic E-state index is 0.0187. The molecule has 0 bridgehead atoms. The maximum absolute atomic E-state index is 11.8.